The Morgan fingerprint density at radius 2 is 1.87 bits per heavy atom. The number of amides is 1. The van der Waals surface area contributed by atoms with Gasteiger partial charge in [0, 0.05) is 63.7 Å². The molecule has 0 N–H and O–H groups in total. The van der Waals surface area contributed by atoms with Crippen LogP contribution in [0.4, 0.5) is 11.5 Å². The summed E-state index contributed by atoms with van der Waals surface area (Å²) >= 11 is 0. The minimum absolute atomic E-state index is 0.0723. The number of hydrogen-bond donors (Lipinski definition) is 0. The number of piperazine rings is 1. The molecule has 5 rings (SSSR count). The van der Waals surface area contributed by atoms with Crippen molar-refractivity contribution in [3.05, 3.63) is 53.7 Å². The highest BCUT2D eigenvalue weighted by Crippen LogP contribution is 2.32. The molecule has 0 aliphatic carbocycles. The van der Waals surface area contributed by atoms with Crippen molar-refractivity contribution in [1.29, 1.82) is 0 Å². The molecule has 6 heteroatoms. The maximum Gasteiger partial charge on any atom is 0.262 e. The van der Waals surface area contributed by atoms with Crippen LogP contribution < -0.4 is 9.80 Å². The van der Waals surface area contributed by atoms with Crippen molar-refractivity contribution in [2.75, 3.05) is 62.2 Å². The van der Waals surface area contributed by atoms with E-state index in [0.29, 0.717) is 6.04 Å². The van der Waals surface area contributed by atoms with Crippen molar-refractivity contribution in [2.24, 2.45) is 0 Å². The lowest BCUT2D eigenvalue weighted by molar-refractivity contribution is 0.0989. The van der Waals surface area contributed by atoms with E-state index < -0.39 is 0 Å². The normalized spacial score (nSPS) is 22.5. The van der Waals surface area contributed by atoms with Crippen LogP contribution >= 0.6 is 0 Å². The second-order valence-electron chi connectivity index (χ2n) is 8.57. The zero-order valence-corrected chi connectivity index (χ0v) is 17.8. The summed E-state index contributed by atoms with van der Waals surface area (Å²) in [7, 11) is 0. The molecular weight excluding hydrogens is 374 g/mol. The minimum atomic E-state index is 0.0723. The first-order valence-corrected chi connectivity index (χ1v) is 11.3. The van der Waals surface area contributed by atoms with Gasteiger partial charge in [-0.3, -0.25) is 9.69 Å². The summed E-state index contributed by atoms with van der Waals surface area (Å²) in [4.78, 5) is 27.6. The first-order chi connectivity index (χ1) is 14.7. The Hall–Kier alpha value is -2.44. The molecule has 4 heterocycles. The minimum Gasteiger partial charge on any atom is -0.354 e. The summed E-state index contributed by atoms with van der Waals surface area (Å²) in [6.45, 7) is 10.7. The third-order valence-electron chi connectivity index (χ3n) is 6.98. The van der Waals surface area contributed by atoms with Crippen LogP contribution in [0.15, 0.2) is 42.6 Å². The van der Waals surface area contributed by atoms with Crippen LogP contribution in [-0.2, 0) is 6.42 Å². The van der Waals surface area contributed by atoms with Crippen molar-refractivity contribution < 1.29 is 4.79 Å². The van der Waals surface area contributed by atoms with E-state index in [9.17, 15) is 4.79 Å². The summed E-state index contributed by atoms with van der Waals surface area (Å²) in [6, 6.07) is 12.6. The van der Waals surface area contributed by atoms with E-state index in [2.05, 4.69) is 38.7 Å². The summed E-state index contributed by atoms with van der Waals surface area (Å²) in [5.74, 6) is 0.921. The first-order valence-electron chi connectivity index (χ1n) is 11.3. The lowest BCUT2D eigenvalue weighted by Gasteiger charge is -2.37. The van der Waals surface area contributed by atoms with Crippen molar-refractivity contribution in [1.82, 2.24) is 14.8 Å². The van der Waals surface area contributed by atoms with Crippen LogP contribution in [0.3, 0.4) is 0 Å². The summed E-state index contributed by atoms with van der Waals surface area (Å²) in [5, 5.41) is 0. The van der Waals surface area contributed by atoms with Gasteiger partial charge in [0.2, 0.25) is 0 Å². The third kappa shape index (κ3) is 3.59. The number of rotatable bonds is 4. The number of aromatic nitrogens is 1. The molecule has 1 aromatic carbocycles. The number of anilines is 2. The molecule has 1 atom stereocenters. The molecule has 0 bridgehead atoms. The lowest BCUT2D eigenvalue weighted by atomic mass is 10.1. The Balaban J connectivity index is 1.32. The first kappa shape index (κ1) is 19.5. The smallest absolute Gasteiger partial charge is 0.262 e. The molecule has 3 aliphatic rings. The zero-order valence-electron chi connectivity index (χ0n) is 17.8. The Morgan fingerprint density at radius 1 is 1.03 bits per heavy atom. The van der Waals surface area contributed by atoms with Crippen LogP contribution in [0.5, 0.6) is 0 Å². The number of benzene rings is 1. The van der Waals surface area contributed by atoms with Crippen molar-refractivity contribution in [3.8, 4) is 0 Å². The van der Waals surface area contributed by atoms with Crippen LogP contribution in [0.1, 0.15) is 29.3 Å². The largest absolute Gasteiger partial charge is 0.354 e. The van der Waals surface area contributed by atoms with Gasteiger partial charge in [0.15, 0.2) is 0 Å². The van der Waals surface area contributed by atoms with Gasteiger partial charge in [-0.1, -0.05) is 25.1 Å². The van der Waals surface area contributed by atoms with Gasteiger partial charge in [-0.15, -0.1) is 0 Å². The van der Waals surface area contributed by atoms with E-state index in [0.717, 1.165) is 82.3 Å². The van der Waals surface area contributed by atoms with Gasteiger partial charge in [-0.05, 0) is 43.1 Å². The Bertz CT molecular complexity index is 908. The molecule has 1 aromatic heterocycles. The second-order valence-corrected chi connectivity index (χ2v) is 8.57. The Morgan fingerprint density at radius 3 is 2.70 bits per heavy atom. The van der Waals surface area contributed by atoms with Crippen molar-refractivity contribution in [2.45, 2.75) is 25.8 Å². The van der Waals surface area contributed by atoms with Crippen molar-refractivity contribution in [3.63, 3.8) is 0 Å². The van der Waals surface area contributed by atoms with E-state index in [1.807, 2.05) is 35.4 Å². The molecule has 158 valence electrons. The summed E-state index contributed by atoms with van der Waals surface area (Å²) in [5.41, 5.74) is 3.03. The monoisotopic (exact) mass is 405 g/mol. The summed E-state index contributed by atoms with van der Waals surface area (Å²) in [6.07, 6.45) is 3.88. The molecule has 1 amide bonds. The van der Waals surface area contributed by atoms with Crippen molar-refractivity contribution >= 4 is 17.4 Å². The highest BCUT2D eigenvalue weighted by Gasteiger charge is 2.33. The SMILES string of the molecule is CCN1CCN(C2CCN(c3ncccc3C(=O)N3CCc4ccccc43)C2)CC1. The number of hydrogen-bond acceptors (Lipinski definition) is 5. The maximum atomic E-state index is 13.5. The highest BCUT2D eigenvalue weighted by atomic mass is 16.2. The maximum absolute atomic E-state index is 13.5. The average Bonchev–Trinajstić information content (AvgIpc) is 3.46. The Labute approximate surface area is 179 Å². The van der Waals surface area contributed by atoms with Gasteiger partial charge in [0.1, 0.15) is 5.82 Å². The molecule has 2 saturated heterocycles. The molecule has 0 saturated carbocycles. The predicted octanol–water partition coefficient (Wildman–Crippen LogP) is 2.50. The Kier molecular flexibility index (Phi) is 5.44. The van der Waals surface area contributed by atoms with Gasteiger partial charge in [-0.2, -0.15) is 0 Å². The number of carbonyl (C=O) groups excluding carboxylic acids is 1. The van der Waals surface area contributed by atoms with E-state index >= 15 is 0 Å². The molecular formula is C24H31N5O. The van der Waals surface area contributed by atoms with Gasteiger partial charge in [0.25, 0.3) is 5.91 Å². The molecule has 2 aromatic rings. The van der Waals surface area contributed by atoms with E-state index in [-0.39, 0.29) is 5.91 Å². The van der Waals surface area contributed by atoms with Gasteiger partial charge in [0.05, 0.1) is 5.56 Å². The van der Waals surface area contributed by atoms with Gasteiger partial charge >= 0.3 is 0 Å². The van der Waals surface area contributed by atoms with Crippen LogP contribution in [-0.4, -0.2) is 79.1 Å². The number of likely N-dealkylation sites (N-methyl/N-ethyl adjacent to an activating group) is 1. The average molecular weight is 406 g/mol. The highest BCUT2D eigenvalue weighted by molar-refractivity contribution is 6.10. The van der Waals surface area contributed by atoms with Crippen LogP contribution in [0.2, 0.25) is 0 Å². The topological polar surface area (TPSA) is 42.9 Å². The summed E-state index contributed by atoms with van der Waals surface area (Å²) < 4.78 is 0. The molecule has 2 fully saturated rings. The molecule has 30 heavy (non-hydrogen) atoms. The number of pyridine rings is 1. The predicted molar refractivity (Wildman–Crippen MR) is 120 cm³/mol. The molecule has 1 unspecified atom stereocenters. The quantitative estimate of drug-likeness (QED) is 0.782. The van der Waals surface area contributed by atoms with Gasteiger partial charge < -0.3 is 14.7 Å². The third-order valence-corrected chi connectivity index (χ3v) is 6.98. The number of nitrogens with zero attached hydrogens (tertiary/aromatic N) is 5. The number of fused-ring (bicyclic) bond motifs is 1. The van der Waals surface area contributed by atoms with Crippen LogP contribution in [0.25, 0.3) is 0 Å². The number of para-hydroxylation sites is 1. The van der Waals surface area contributed by atoms with E-state index in [1.54, 1.807) is 0 Å². The lowest BCUT2D eigenvalue weighted by Crippen LogP contribution is -2.50. The van der Waals surface area contributed by atoms with E-state index in [1.165, 1.54) is 5.56 Å². The standard InChI is InChI=1S/C24H31N5O/c1-2-26-14-16-27(17-15-26)20-10-12-28(18-20)23-21(7-5-11-25-23)24(30)29-13-9-19-6-3-4-8-22(19)29/h3-8,11,20H,2,9-10,12-18H2,1H3. The molecule has 0 radical (unpaired) electrons. The second kappa shape index (κ2) is 8.36. The van der Waals surface area contributed by atoms with Crippen LogP contribution in [0, 0.1) is 0 Å². The molecule has 0 spiro atoms. The van der Waals surface area contributed by atoms with Gasteiger partial charge in [-0.25, -0.2) is 4.98 Å². The fourth-order valence-corrected chi connectivity index (χ4v) is 5.19. The molecule has 3 aliphatic heterocycles. The molecule has 6 nitrogen and oxygen atoms in total. The fourth-order valence-electron chi connectivity index (χ4n) is 5.19. The van der Waals surface area contributed by atoms with E-state index in [4.69, 9.17) is 0 Å². The fraction of sp³-hybridized carbons (Fsp3) is 0.500. The zero-order chi connectivity index (χ0) is 20.5. The number of carbonyl (C=O) groups is 1.